The standard InChI is InChI=1S/C59H99N5O9/c1-40(2)15-14-16-41(3)45-19-20-46-44-18-17-42-39-43(23-30-58(42,12)47(44)24-31-59(45,46)13)73-53(70)61-35-34-60-48(65)25-28-56(8,9)71-37-32-54(4,5)62-49(66)26-29-57(10,11)72-38-33-55(6,7)63-50(67)27-36-64-51(68)21-22-52(64)69/h17,21-22,40-41,43-47H,14-16,18-20,23-39H2,1-13H3,(H,60,65)(H,61,70)(H,62,66)(H,63,67)/t41-,43+,44+,45?,46?,47?,58+,59-/m1/s1. The largest absolute Gasteiger partial charge is 0.446 e. The van der Waals surface area contributed by atoms with Gasteiger partial charge in [-0.2, -0.15) is 0 Å². The van der Waals surface area contributed by atoms with E-state index in [1.165, 1.54) is 69.1 Å². The van der Waals surface area contributed by atoms with Gasteiger partial charge in [-0.15, -0.1) is 0 Å². The van der Waals surface area contributed by atoms with Crippen molar-refractivity contribution in [2.24, 2.45) is 46.3 Å². The molecule has 14 nitrogen and oxygen atoms in total. The third-order valence-electron chi connectivity index (χ3n) is 18.0. The highest BCUT2D eigenvalue weighted by Gasteiger charge is 2.59. The molecule has 0 aromatic carbocycles. The molecule has 0 aromatic rings. The molecular formula is C59H99N5O9. The maximum Gasteiger partial charge on any atom is 0.407 e. The predicted octanol–water partition coefficient (Wildman–Crippen LogP) is 10.3. The lowest BCUT2D eigenvalue weighted by atomic mass is 9.47. The Hall–Kier alpha value is -3.78. The van der Waals surface area contributed by atoms with Crippen LogP contribution in [0.4, 0.5) is 4.79 Å². The second kappa shape index (κ2) is 25.4. The number of imide groups is 1. The fraction of sp³-hybridized carbons (Fsp3) is 0.831. The monoisotopic (exact) mass is 1020 g/mol. The molecule has 14 heteroatoms. The van der Waals surface area contributed by atoms with Crippen molar-refractivity contribution in [2.45, 2.75) is 234 Å². The van der Waals surface area contributed by atoms with Crippen LogP contribution in [0.25, 0.3) is 0 Å². The first-order valence-electron chi connectivity index (χ1n) is 28.4. The molecule has 0 bridgehead atoms. The number of nitrogens with zero attached hydrogens (tertiary/aromatic N) is 1. The van der Waals surface area contributed by atoms with Crippen molar-refractivity contribution in [1.29, 1.82) is 0 Å². The lowest BCUT2D eigenvalue weighted by Crippen LogP contribution is -2.51. The quantitative estimate of drug-likeness (QED) is 0.0337. The number of hydrogen-bond donors (Lipinski definition) is 4. The van der Waals surface area contributed by atoms with E-state index >= 15 is 0 Å². The van der Waals surface area contributed by atoms with Gasteiger partial charge >= 0.3 is 6.09 Å². The second-order valence-electron chi connectivity index (χ2n) is 26.3. The Labute approximate surface area is 440 Å². The van der Waals surface area contributed by atoms with Gasteiger partial charge in [-0.25, -0.2) is 4.79 Å². The number of ether oxygens (including phenoxy) is 3. The van der Waals surface area contributed by atoms with Gasteiger partial charge in [0.2, 0.25) is 17.7 Å². The van der Waals surface area contributed by atoms with Crippen LogP contribution in [0.15, 0.2) is 23.8 Å². The first kappa shape index (κ1) is 60.1. The molecule has 0 saturated heterocycles. The summed E-state index contributed by atoms with van der Waals surface area (Å²) in [6.45, 7) is 29.3. The average molecular weight is 1020 g/mol. The predicted molar refractivity (Wildman–Crippen MR) is 287 cm³/mol. The maximum atomic E-state index is 13.0. The summed E-state index contributed by atoms with van der Waals surface area (Å²) in [5.41, 5.74) is -0.0464. The van der Waals surface area contributed by atoms with Gasteiger partial charge in [0.25, 0.3) is 11.8 Å². The molecule has 5 rings (SSSR count). The maximum absolute atomic E-state index is 13.0. The Balaban J connectivity index is 0.908. The van der Waals surface area contributed by atoms with Crippen molar-refractivity contribution in [3.8, 4) is 0 Å². The topological polar surface area (TPSA) is 181 Å². The van der Waals surface area contributed by atoms with Gasteiger partial charge in [-0.05, 0) is 172 Å². The minimum absolute atomic E-state index is 0.0166. The lowest BCUT2D eigenvalue weighted by molar-refractivity contribution is -0.137. The van der Waals surface area contributed by atoms with Gasteiger partial charge in [0, 0.05) is 81.8 Å². The van der Waals surface area contributed by atoms with Crippen LogP contribution in [-0.2, 0) is 38.2 Å². The molecular weight excluding hydrogens is 923 g/mol. The number of alkyl carbamates (subject to hydrolysis) is 1. The van der Waals surface area contributed by atoms with Gasteiger partial charge in [-0.3, -0.25) is 28.9 Å². The average Bonchev–Trinajstić information content (AvgIpc) is 3.81. The van der Waals surface area contributed by atoms with Gasteiger partial charge in [-0.1, -0.05) is 65.5 Å². The number of nitrogens with one attached hydrogen (secondary N) is 4. The fourth-order valence-electron chi connectivity index (χ4n) is 13.4. The summed E-state index contributed by atoms with van der Waals surface area (Å²) < 4.78 is 18.3. The summed E-state index contributed by atoms with van der Waals surface area (Å²) in [6, 6.07) is 0. The van der Waals surface area contributed by atoms with Crippen molar-refractivity contribution in [1.82, 2.24) is 26.2 Å². The summed E-state index contributed by atoms with van der Waals surface area (Å²) in [5.74, 6) is 3.52. The van der Waals surface area contributed by atoms with E-state index in [2.05, 4.69) is 62.0 Å². The smallest absolute Gasteiger partial charge is 0.407 e. The number of amides is 6. The minimum Gasteiger partial charge on any atom is -0.446 e. The zero-order chi connectivity index (χ0) is 54.0. The highest BCUT2D eigenvalue weighted by atomic mass is 16.6. The van der Waals surface area contributed by atoms with E-state index in [9.17, 15) is 28.8 Å². The van der Waals surface area contributed by atoms with Crippen molar-refractivity contribution in [2.75, 3.05) is 32.8 Å². The van der Waals surface area contributed by atoms with Crippen LogP contribution in [0.1, 0.15) is 206 Å². The molecule has 1 heterocycles. The number of fused-ring (bicyclic) bond motifs is 5. The number of carbonyl (C=O) groups excluding carboxylic acids is 6. The molecule has 4 N–H and O–H groups in total. The Morgan fingerprint density at radius 2 is 1.27 bits per heavy atom. The minimum atomic E-state index is -0.578. The molecule has 3 saturated carbocycles. The lowest BCUT2D eigenvalue weighted by Gasteiger charge is -2.58. The van der Waals surface area contributed by atoms with Crippen molar-refractivity contribution >= 4 is 35.6 Å². The molecule has 1 aliphatic heterocycles. The summed E-state index contributed by atoms with van der Waals surface area (Å²) in [5, 5.41) is 11.9. The Morgan fingerprint density at radius 3 is 1.88 bits per heavy atom. The normalized spacial score (nSPS) is 26.7. The Kier molecular flexibility index (Phi) is 20.9. The van der Waals surface area contributed by atoms with Crippen LogP contribution in [0.5, 0.6) is 0 Å². The number of hydrogen-bond acceptors (Lipinski definition) is 9. The zero-order valence-corrected chi connectivity index (χ0v) is 47.7. The van der Waals surface area contributed by atoms with Crippen molar-refractivity contribution < 1.29 is 43.0 Å². The molecule has 73 heavy (non-hydrogen) atoms. The third kappa shape index (κ3) is 17.4. The highest BCUT2D eigenvalue weighted by molar-refractivity contribution is 6.13. The van der Waals surface area contributed by atoms with E-state index in [0.29, 0.717) is 57.4 Å². The van der Waals surface area contributed by atoms with E-state index in [1.807, 2.05) is 55.4 Å². The molecule has 0 radical (unpaired) electrons. The highest BCUT2D eigenvalue weighted by Crippen LogP contribution is 2.67. The summed E-state index contributed by atoms with van der Waals surface area (Å²) in [4.78, 5) is 75.9. The van der Waals surface area contributed by atoms with Crippen LogP contribution < -0.4 is 21.3 Å². The summed E-state index contributed by atoms with van der Waals surface area (Å²) >= 11 is 0. The molecule has 3 fully saturated rings. The van der Waals surface area contributed by atoms with E-state index in [-0.39, 0.29) is 55.0 Å². The molecule has 0 aromatic heterocycles. The molecule has 8 atom stereocenters. The van der Waals surface area contributed by atoms with Gasteiger partial charge in [0.1, 0.15) is 6.10 Å². The van der Waals surface area contributed by atoms with Gasteiger partial charge in [0.15, 0.2) is 0 Å². The Morgan fingerprint density at radius 1 is 0.699 bits per heavy atom. The number of allylic oxidation sites excluding steroid dienone is 1. The first-order chi connectivity index (χ1) is 34.0. The van der Waals surface area contributed by atoms with E-state index in [4.69, 9.17) is 14.2 Å². The summed E-state index contributed by atoms with van der Waals surface area (Å²) in [7, 11) is 0. The molecule has 4 aliphatic carbocycles. The summed E-state index contributed by atoms with van der Waals surface area (Å²) in [6.07, 6.45) is 20.6. The van der Waals surface area contributed by atoms with Crippen molar-refractivity contribution in [3.63, 3.8) is 0 Å². The number of rotatable bonds is 28. The van der Waals surface area contributed by atoms with E-state index < -0.39 is 40.2 Å². The van der Waals surface area contributed by atoms with Crippen molar-refractivity contribution in [3.05, 3.63) is 23.8 Å². The van der Waals surface area contributed by atoms with Gasteiger partial charge in [0.05, 0.1) is 11.2 Å². The van der Waals surface area contributed by atoms with E-state index in [0.717, 1.165) is 59.7 Å². The third-order valence-corrected chi connectivity index (χ3v) is 18.0. The molecule has 414 valence electrons. The van der Waals surface area contributed by atoms with Crippen LogP contribution >= 0.6 is 0 Å². The molecule has 0 spiro atoms. The molecule has 5 aliphatic rings. The number of carbonyl (C=O) groups is 6. The second-order valence-corrected chi connectivity index (χ2v) is 26.3. The SMILES string of the molecule is CC(C)CCC[C@@H](C)C1CCC2[C@@H]3CC=C4C[C@@H](OC(=O)NCCNC(=O)CCC(C)(C)OCCC(C)(C)NC(=O)CCC(C)(C)OCCC(C)(C)NC(=O)CCN5C(=O)C=CC5=O)CC[C@]4(C)C3CC[C@@]21C. The first-order valence-corrected chi connectivity index (χ1v) is 28.4. The molecule has 6 amide bonds. The van der Waals surface area contributed by atoms with Crippen LogP contribution in [0, 0.1) is 46.3 Å². The van der Waals surface area contributed by atoms with Crippen LogP contribution in [0.3, 0.4) is 0 Å². The van der Waals surface area contributed by atoms with Gasteiger partial charge < -0.3 is 35.5 Å². The van der Waals surface area contributed by atoms with Crippen LogP contribution in [0.2, 0.25) is 0 Å². The van der Waals surface area contributed by atoms with E-state index in [1.54, 1.807) is 0 Å². The zero-order valence-electron chi connectivity index (χ0n) is 47.7. The van der Waals surface area contributed by atoms with Crippen LogP contribution in [-0.4, -0.2) is 102 Å². The molecule has 3 unspecified atom stereocenters. The fourth-order valence-corrected chi connectivity index (χ4v) is 13.4. The Bertz CT molecular complexity index is 1970.